The van der Waals surface area contributed by atoms with Gasteiger partial charge in [0.2, 0.25) is 0 Å². The number of para-hydroxylation sites is 2. The highest BCUT2D eigenvalue weighted by Crippen LogP contribution is 2.52. The molecule has 5 aromatic rings. The van der Waals surface area contributed by atoms with Crippen molar-refractivity contribution in [3.63, 3.8) is 0 Å². The maximum absolute atomic E-state index is 2.43. The molecule has 2 heteroatoms. The molecule has 0 aliphatic carbocycles. The van der Waals surface area contributed by atoms with E-state index in [9.17, 15) is 0 Å². The van der Waals surface area contributed by atoms with Crippen molar-refractivity contribution in [2.24, 2.45) is 10.8 Å². The molecule has 0 radical (unpaired) electrons. The minimum atomic E-state index is 0.391. The lowest BCUT2D eigenvalue weighted by atomic mass is 9.42. The van der Waals surface area contributed by atoms with Crippen molar-refractivity contribution in [3.05, 3.63) is 108 Å². The second kappa shape index (κ2) is 8.55. The topological polar surface area (TPSA) is 4.93 Å². The van der Waals surface area contributed by atoms with E-state index in [1.54, 1.807) is 0 Å². The predicted molar refractivity (Wildman–Crippen MR) is 159 cm³/mol. The summed E-state index contributed by atoms with van der Waals surface area (Å²) >= 11 is 0. The van der Waals surface area contributed by atoms with Gasteiger partial charge in [-0.05, 0) is 46.2 Å². The monoisotopic (exact) mass is 467 g/mol. The molecule has 1 fully saturated rings. The summed E-state index contributed by atoms with van der Waals surface area (Å²) in [4.78, 5) is 0. The van der Waals surface area contributed by atoms with Crippen LogP contribution in [-0.2, 0) is 0 Å². The van der Waals surface area contributed by atoms with Gasteiger partial charge < -0.3 is 4.57 Å². The zero-order valence-corrected chi connectivity index (χ0v) is 21.8. The first-order chi connectivity index (χ1) is 17.3. The first kappa shape index (κ1) is 22.9. The average Bonchev–Trinajstić information content (AvgIpc) is 3.33. The van der Waals surface area contributed by atoms with Crippen LogP contribution in [-0.4, -0.2) is 11.3 Å². The Kier molecular flexibility index (Phi) is 5.45. The van der Waals surface area contributed by atoms with Gasteiger partial charge in [-0.1, -0.05) is 131 Å². The van der Waals surface area contributed by atoms with Gasteiger partial charge in [-0.2, -0.15) is 0 Å². The summed E-state index contributed by atoms with van der Waals surface area (Å²) in [5.74, 6) is 0. The summed E-state index contributed by atoms with van der Waals surface area (Å²) < 4.78 is 2.36. The molecule has 1 saturated heterocycles. The maximum atomic E-state index is 2.43. The largest absolute Gasteiger partial charge is 0.309 e. The van der Waals surface area contributed by atoms with Crippen LogP contribution in [0.1, 0.15) is 38.8 Å². The van der Waals surface area contributed by atoms with Gasteiger partial charge in [0, 0.05) is 16.5 Å². The zero-order valence-electron chi connectivity index (χ0n) is 21.8. The van der Waals surface area contributed by atoms with Crippen molar-refractivity contribution in [2.75, 3.05) is 0 Å². The molecule has 1 nitrogen and oxygen atoms in total. The number of benzene rings is 4. The van der Waals surface area contributed by atoms with Gasteiger partial charge in [0.15, 0.2) is 6.71 Å². The van der Waals surface area contributed by atoms with Crippen molar-refractivity contribution < 1.29 is 0 Å². The third-order valence-electron chi connectivity index (χ3n) is 8.95. The molecule has 36 heavy (non-hydrogen) atoms. The number of nitrogens with zero attached hydrogens (tertiary/aromatic N) is 1. The first-order valence-electron chi connectivity index (χ1n) is 13.2. The number of hydrogen-bond acceptors (Lipinski definition) is 0. The van der Waals surface area contributed by atoms with E-state index in [0.717, 1.165) is 0 Å². The maximum Gasteiger partial charge on any atom is 0.176 e. The number of hydrogen-bond donors (Lipinski definition) is 0. The Morgan fingerprint density at radius 2 is 1.03 bits per heavy atom. The fourth-order valence-electron chi connectivity index (χ4n) is 6.10. The molecule has 0 unspecified atom stereocenters. The molecule has 1 aromatic heterocycles. The highest BCUT2D eigenvalue weighted by molar-refractivity contribution is 6.74. The third kappa shape index (κ3) is 3.90. The molecule has 4 aromatic carbocycles. The number of rotatable bonds is 4. The summed E-state index contributed by atoms with van der Waals surface area (Å²) in [6, 6.07) is 35.4. The van der Waals surface area contributed by atoms with E-state index in [2.05, 4.69) is 141 Å². The fraction of sp³-hybridized carbons (Fsp3) is 0.235. The van der Waals surface area contributed by atoms with Crippen molar-refractivity contribution in [2.45, 2.75) is 40.3 Å². The number of fused-ring (bicyclic) bond motifs is 3. The molecule has 0 N–H and O–H groups in total. The molecule has 0 atom stereocenters. The molecule has 0 amide bonds. The van der Waals surface area contributed by atoms with E-state index in [4.69, 9.17) is 0 Å². The summed E-state index contributed by atoms with van der Waals surface area (Å²) in [5, 5.41) is 2.59. The van der Waals surface area contributed by atoms with E-state index in [1.165, 1.54) is 56.7 Å². The van der Waals surface area contributed by atoms with Crippen molar-refractivity contribution in [1.82, 2.24) is 4.57 Å². The van der Waals surface area contributed by atoms with Crippen LogP contribution in [0.3, 0.4) is 0 Å². The summed E-state index contributed by atoms with van der Waals surface area (Å²) in [6.07, 6.45) is 6.98. The summed E-state index contributed by atoms with van der Waals surface area (Å²) in [6.45, 7) is 10.4. The highest BCUT2D eigenvalue weighted by atomic mass is 15.0. The van der Waals surface area contributed by atoms with Gasteiger partial charge in [0.25, 0.3) is 0 Å². The van der Waals surface area contributed by atoms with Crippen LogP contribution in [0, 0.1) is 10.8 Å². The van der Waals surface area contributed by atoms with E-state index in [-0.39, 0.29) is 0 Å². The van der Waals surface area contributed by atoms with Crippen molar-refractivity contribution in [3.8, 4) is 5.69 Å². The van der Waals surface area contributed by atoms with Crippen LogP contribution in [0.4, 0.5) is 0 Å². The van der Waals surface area contributed by atoms with E-state index >= 15 is 0 Å². The van der Waals surface area contributed by atoms with Crippen LogP contribution in [0.25, 0.3) is 39.6 Å². The molecule has 1 aliphatic rings. The van der Waals surface area contributed by atoms with Crippen molar-refractivity contribution >= 4 is 46.1 Å². The van der Waals surface area contributed by atoms with Gasteiger partial charge in [-0.15, -0.1) is 0 Å². The minimum Gasteiger partial charge on any atom is -0.309 e. The van der Waals surface area contributed by atoms with Crippen LogP contribution in [0.5, 0.6) is 0 Å². The minimum absolute atomic E-state index is 0.391. The quantitative estimate of drug-likeness (QED) is 0.184. The summed E-state index contributed by atoms with van der Waals surface area (Å²) in [5.41, 5.74) is 8.41. The average molecular weight is 467 g/mol. The van der Waals surface area contributed by atoms with Gasteiger partial charge >= 0.3 is 0 Å². The molecule has 0 spiro atoms. The van der Waals surface area contributed by atoms with E-state index in [1.807, 2.05) is 0 Å². The highest BCUT2D eigenvalue weighted by Gasteiger charge is 2.47. The lowest BCUT2D eigenvalue weighted by Gasteiger charge is -2.35. The van der Waals surface area contributed by atoms with Crippen LogP contribution in [0.15, 0.2) is 97.1 Å². The number of aromatic nitrogens is 1. The predicted octanol–water partition coefficient (Wildman–Crippen LogP) is 8.72. The Balaban J connectivity index is 1.22. The molecule has 0 saturated carbocycles. The Morgan fingerprint density at radius 1 is 0.583 bits per heavy atom. The first-order valence-corrected chi connectivity index (χ1v) is 13.2. The normalized spacial score (nSPS) is 16.9. The fourth-order valence-corrected chi connectivity index (χ4v) is 6.10. The van der Waals surface area contributed by atoms with Crippen LogP contribution in [0.2, 0.25) is 12.6 Å². The van der Waals surface area contributed by atoms with E-state index in [0.29, 0.717) is 17.5 Å². The van der Waals surface area contributed by atoms with Crippen LogP contribution >= 0.6 is 0 Å². The van der Waals surface area contributed by atoms with Gasteiger partial charge in [-0.3, -0.25) is 0 Å². The third-order valence-corrected chi connectivity index (χ3v) is 8.95. The Morgan fingerprint density at radius 3 is 1.53 bits per heavy atom. The van der Waals surface area contributed by atoms with Crippen LogP contribution < -0.4 is 5.46 Å². The standard InChI is InChI=1S/C34H34BN/c1-33(2)23-35(24-34(33,3)4)27-19-15-25(16-20-27)13-14-26-17-21-28(22-18-26)36-31-11-7-5-9-29(31)30-10-6-8-12-32(30)36/h5-22H,23-24H2,1-4H3. The lowest BCUT2D eigenvalue weighted by molar-refractivity contribution is 0.177. The lowest BCUT2D eigenvalue weighted by Crippen LogP contribution is -2.27. The SMILES string of the molecule is CC1(C)CB(c2ccc(C=Cc3ccc(-n4c5ccccc5c5ccccc54)cc3)cc2)CC1(C)C. The van der Waals surface area contributed by atoms with E-state index < -0.39 is 0 Å². The second-order valence-electron chi connectivity index (χ2n) is 11.8. The second-order valence-corrected chi connectivity index (χ2v) is 11.8. The van der Waals surface area contributed by atoms with Gasteiger partial charge in [0.1, 0.15) is 0 Å². The molecule has 0 bridgehead atoms. The Labute approximate surface area is 215 Å². The molecule has 2 heterocycles. The molecular weight excluding hydrogens is 433 g/mol. The summed E-state index contributed by atoms with van der Waals surface area (Å²) in [7, 11) is 0. The Hall–Kier alpha value is -3.52. The molecule has 1 aliphatic heterocycles. The molecular formula is C34H34BN. The van der Waals surface area contributed by atoms with Gasteiger partial charge in [0.05, 0.1) is 11.0 Å². The zero-order chi connectivity index (χ0) is 24.9. The van der Waals surface area contributed by atoms with Gasteiger partial charge in [-0.25, -0.2) is 0 Å². The molecule has 178 valence electrons. The smallest absolute Gasteiger partial charge is 0.176 e. The Bertz CT molecular complexity index is 1500. The van der Waals surface area contributed by atoms with Crippen molar-refractivity contribution in [1.29, 1.82) is 0 Å². The molecule has 6 rings (SSSR count).